The highest BCUT2D eigenvalue weighted by Crippen LogP contribution is 2.24. The molecule has 0 aliphatic rings. The molecule has 0 aliphatic carbocycles. The lowest BCUT2D eigenvalue weighted by molar-refractivity contribution is -0.384. The first-order valence-electron chi connectivity index (χ1n) is 11.3. The van der Waals surface area contributed by atoms with Crippen LogP contribution < -0.4 is 10.3 Å². The van der Waals surface area contributed by atoms with Crippen LogP contribution in [-0.4, -0.2) is 20.8 Å². The Balaban J connectivity index is 1.75. The van der Waals surface area contributed by atoms with Crippen molar-refractivity contribution < 1.29 is 9.66 Å². The number of hydrogen-bond acceptors (Lipinski definition) is 6. The molecule has 0 unspecified atom stereocenters. The number of benzene rings is 3. The molecule has 0 radical (unpaired) electrons. The fourth-order valence-corrected chi connectivity index (χ4v) is 4.18. The number of nitro groups is 1. The topological polar surface area (TPSA) is 99.6 Å². The molecular weight excluding hydrogens is 592 g/mol. The molecule has 0 saturated carbocycles. The maximum atomic E-state index is 13.3. The molecule has 0 aliphatic heterocycles. The smallest absolute Gasteiger partial charge is 0.282 e. The number of rotatable bonds is 9. The summed E-state index contributed by atoms with van der Waals surface area (Å²) in [5, 5.41) is 16.3. The normalized spacial score (nSPS) is 11.3. The number of aromatic nitrogens is 2. The highest BCUT2D eigenvalue weighted by atomic mass is 79.9. The first kappa shape index (κ1) is 25.7. The first-order chi connectivity index (χ1) is 17.4. The van der Waals surface area contributed by atoms with Gasteiger partial charge < -0.3 is 4.74 Å². The lowest BCUT2D eigenvalue weighted by atomic mass is 10.2. The van der Waals surface area contributed by atoms with E-state index in [4.69, 9.17) is 4.74 Å². The predicted octanol–water partition coefficient (Wildman–Crippen LogP) is 6.63. The van der Waals surface area contributed by atoms with Gasteiger partial charge in [-0.3, -0.25) is 14.9 Å². The number of nitro benzene ring substituents is 1. The number of aryl methyl sites for hydroxylation is 1. The van der Waals surface area contributed by atoms with Gasteiger partial charge in [-0.1, -0.05) is 57.3 Å². The van der Waals surface area contributed by atoms with Crippen molar-refractivity contribution >= 4 is 54.7 Å². The lowest BCUT2D eigenvalue weighted by Crippen LogP contribution is -2.22. The maximum absolute atomic E-state index is 13.3. The van der Waals surface area contributed by atoms with Gasteiger partial charge in [0.1, 0.15) is 18.2 Å². The summed E-state index contributed by atoms with van der Waals surface area (Å²) < 4.78 is 8.94. The molecule has 10 heteroatoms. The number of fused-ring (bicyclic) bond motifs is 1. The summed E-state index contributed by atoms with van der Waals surface area (Å²) in [6.45, 7) is 2.32. The minimum atomic E-state index is -0.482. The number of unbranched alkanes of at least 4 members (excludes halogenated alkanes) is 1. The van der Waals surface area contributed by atoms with Crippen LogP contribution in [0.15, 0.2) is 79.5 Å². The second kappa shape index (κ2) is 11.6. The summed E-state index contributed by atoms with van der Waals surface area (Å²) in [7, 11) is 0. The van der Waals surface area contributed by atoms with Crippen LogP contribution in [0.1, 0.15) is 36.7 Å². The third-order valence-electron chi connectivity index (χ3n) is 5.45. The third kappa shape index (κ3) is 6.06. The van der Waals surface area contributed by atoms with Crippen molar-refractivity contribution in [2.24, 2.45) is 5.10 Å². The summed E-state index contributed by atoms with van der Waals surface area (Å²) in [5.74, 6) is 0.933. The van der Waals surface area contributed by atoms with Gasteiger partial charge in [0.05, 0.1) is 22.0 Å². The molecule has 1 heterocycles. The van der Waals surface area contributed by atoms with Crippen LogP contribution in [-0.2, 0) is 13.0 Å². The predicted molar refractivity (Wildman–Crippen MR) is 147 cm³/mol. The number of non-ortho nitro benzene ring substituents is 1. The molecule has 3 aromatic carbocycles. The van der Waals surface area contributed by atoms with Crippen LogP contribution in [0.3, 0.4) is 0 Å². The zero-order valence-corrected chi connectivity index (χ0v) is 22.5. The summed E-state index contributed by atoms with van der Waals surface area (Å²) in [6, 6.07) is 17.3. The van der Waals surface area contributed by atoms with Gasteiger partial charge in [0.15, 0.2) is 0 Å². The number of nitrogens with zero attached hydrogens (tertiary/aromatic N) is 4. The lowest BCUT2D eigenvalue weighted by Gasteiger charge is -2.11. The minimum absolute atomic E-state index is 0.105. The second-order valence-electron chi connectivity index (χ2n) is 8.05. The molecule has 4 rings (SSSR count). The third-order valence-corrected chi connectivity index (χ3v) is 6.48. The molecule has 0 saturated heterocycles. The van der Waals surface area contributed by atoms with Crippen molar-refractivity contribution in [3.8, 4) is 5.75 Å². The van der Waals surface area contributed by atoms with E-state index in [-0.39, 0.29) is 17.9 Å². The molecule has 0 fully saturated rings. The van der Waals surface area contributed by atoms with Crippen molar-refractivity contribution in [2.75, 3.05) is 0 Å². The Morgan fingerprint density at radius 1 is 1.08 bits per heavy atom. The Labute approximate surface area is 224 Å². The van der Waals surface area contributed by atoms with Crippen molar-refractivity contribution in [1.82, 2.24) is 9.66 Å². The summed E-state index contributed by atoms with van der Waals surface area (Å²) in [6.07, 6.45) is 3.74. The average molecular weight is 614 g/mol. The van der Waals surface area contributed by atoms with E-state index in [1.807, 2.05) is 30.3 Å². The highest BCUT2D eigenvalue weighted by Gasteiger charge is 2.14. The van der Waals surface area contributed by atoms with E-state index in [0.717, 1.165) is 27.4 Å². The number of hydrogen-bond donors (Lipinski definition) is 0. The van der Waals surface area contributed by atoms with E-state index >= 15 is 0 Å². The average Bonchev–Trinajstić information content (AvgIpc) is 2.87. The van der Waals surface area contributed by atoms with E-state index in [2.05, 4.69) is 48.9 Å². The zero-order valence-electron chi connectivity index (χ0n) is 19.4. The Morgan fingerprint density at radius 3 is 2.56 bits per heavy atom. The summed E-state index contributed by atoms with van der Waals surface area (Å²) in [4.78, 5) is 28.9. The quantitative estimate of drug-likeness (QED) is 0.120. The SMILES string of the molecule is CCCCc1nc2ccc(Br)cc2c(=O)n1N=Cc1cc([N+](=O)[O-])ccc1OCc1ccc(Br)cc1. The van der Waals surface area contributed by atoms with Gasteiger partial charge in [0, 0.05) is 33.1 Å². The maximum Gasteiger partial charge on any atom is 0.282 e. The van der Waals surface area contributed by atoms with Gasteiger partial charge in [-0.25, -0.2) is 4.98 Å². The van der Waals surface area contributed by atoms with Gasteiger partial charge in [-0.2, -0.15) is 9.78 Å². The molecular formula is C26H22Br2N4O4. The molecule has 0 N–H and O–H groups in total. The van der Waals surface area contributed by atoms with Crippen molar-refractivity contribution in [1.29, 1.82) is 0 Å². The van der Waals surface area contributed by atoms with E-state index in [0.29, 0.717) is 34.5 Å². The monoisotopic (exact) mass is 612 g/mol. The first-order valence-corrected chi connectivity index (χ1v) is 12.9. The Morgan fingerprint density at radius 2 is 1.83 bits per heavy atom. The van der Waals surface area contributed by atoms with Crippen molar-refractivity contribution in [3.05, 3.63) is 107 Å². The largest absolute Gasteiger partial charge is 0.488 e. The van der Waals surface area contributed by atoms with Crippen LogP contribution in [0.2, 0.25) is 0 Å². The van der Waals surface area contributed by atoms with Crippen molar-refractivity contribution in [2.45, 2.75) is 32.8 Å². The van der Waals surface area contributed by atoms with Gasteiger partial charge in [0.25, 0.3) is 11.2 Å². The molecule has 1 aromatic heterocycles. The molecule has 184 valence electrons. The Bertz CT molecular complexity index is 1500. The van der Waals surface area contributed by atoms with Crippen LogP contribution >= 0.6 is 31.9 Å². The van der Waals surface area contributed by atoms with E-state index in [9.17, 15) is 14.9 Å². The van der Waals surface area contributed by atoms with Gasteiger partial charge >= 0.3 is 0 Å². The standard InChI is InChI=1S/C26H22Br2N4O4/c1-2-3-4-25-30-23-11-9-20(28)14-22(23)26(33)31(25)29-15-18-13-21(32(34)35)10-12-24(18)36-16-17-5-7-19(27)8-6-17/h5-15H,2-4,16H2,1H3. The number of ether oxygens (including phenoxy) is 1. The molecule has 36 heavy (non-hydrogen) atoms. The fourth-order valence-electron chi connectivity index (χ4n) is 3.55. The molecule has 8 nitrogen and oxygen atoms in total. The van der Waals surface area contributed by atoms with Crippen LogP contribution in [0, 0.1) is 10.1 Å². The summed E-state index contributed by atoms with van der Waals surface area (Å²) >= 11 is 6.81. The van der Waals surface area contributed by atoms with Crippen molar-refractivity contribution in [3.63, 3.8) is 0 Å². The highest BCUT2D eigenvalue weighted by molar-refractivity contribution is 9.10. The summed E-state index contributed by atoms with van der Waals surface area (Å²) in [5.41, 5.74) is 1.48. The van der Waals surface area contributed by atoms with Crippen LogP contribution in [0.5, 0.6) is 5.75 Å². The fraction of sp³-hybridized carbons (Fsp3) is 0.192. The Hall–Kier alpha value is -3.37. The van der Waals surface area contributed by atoms with Gasteiger partial charge in [-0.05, 0) is 48.4 Å². The van der Waals surface area contributed by atoms with Gasteiger partial charge in [0.2, 0.25) is 0 Å². The van der Waals surface area contributed by atoms with Gasteiger partial charge in [-0.15, -0.1) is 0 Å². The van der Waals surface area contributed by atoms with Crippen LogP contribution in [0.4, 0.5) is 5.69 Å². The van der Waals surface area contributed by atoms with E-state index in [1.54, 1.807) is 12.1 Å². The zero-order chi connectivity index (χ0) is 25.7. The molecule has 0 bridgehead atoms. The van der Waals surface area contributed by atoms with Crippen LogP contribution in [0.25, 0.3) is 10.9 Å². The molecule has 4 aromatic rings. The molecule has 0 amide bonds. The number of halogens is 2. The molecule has 0 spiro atoms. The molecule has 0 atom stereocenters. The second-order valence-corrected chi connectivity index (χ2v) is 9.88. The Kier molecular flexibility index (Phi) is 8.27. The minimum Gasteiger partial charge on any atom is -0.488 e. The van der Waals surface area contributed by atoms with E-state index in [1.165, 1.54) is 29.1 Å². The van der Waals surface area contributed by atoms with E-state index < -0.39 is 4.92 Å².